The van der Waals surface area contributed by atoms with Crippen LogP contribution in [0.5, 0.6) is 0 Å². The predicted octanol–water partition coefficient (Wildman–Crippen LogP) is 13.0. The fourth-order valence-corrected chi connectivity index (χ4v) is 6.11. The Morgan fingerprint density at radius 1 is 0.395 bits per heavy atom. The molecule has 1 aliphatic heterocycles. The molecule has 1 atom stereocenters. The molecule has 1 aliphatic rings. The van der Waals surface area contributed by atoms with Crippen LogP contribution in [-0.4, -0.2) is 12.4 Å². The van der Waals surface area contributed by atoms with Crippen molar-refractivity contribution in [3.8, 4) is 0 Å². The molecule has 0 aromatic carbocycles. The van der Waals surface area contributed by atoms with E-state index in [1.807, 2.05) is 12.4 Å². The molecule has 222 valence electrons. The van der Waals surface area contributed by atoms with E-state index < -0.39 is 0 Å². The predicted molar refractivity (Wildman–Crippen MR) is 174 cm³/mol. The van der Waals surface area contributed by atoms with Gasteiger partial charge in [0.2, 0.25) is 6.17 Å². The summed E-state index contributed by atoms with van der Waals surface area (Å²) in [6.07, 6.45) is 47.7. The van der Waals surface area contributed by atoms with E-state index in [1.54, 1.807) is 0 Å². The zero-order valence-corrected chi connectivity index (χ0v) is 26.3. The van der Waals surface area contributed by atoms with Gasteiger partial charge in [-0.05, 0) is 18.8 Å². The van der Waals surface area contributed by atoms with Crippen molar-refractivity contribution in [1.29, 1.82) is 0 Å². The van der Waals surface area contributed by atoms with Gasteiger partial charge in [0, 0.05) is 0 Å². The van der Waals surface area contributed by atoms with Crippen LogP contribution in [0.25, 0.3) is 0 Å². The molecule has 0 N–H and O–H groups in total. The second kappa shape index (κ2) is 29.2. The minimum atomic E-state index is 0.931. The lowest BCUT2D eigenvalue weighted by atomic mass is 9.89. The van der Waals surface area contributed by atoms with E-state index in [2.05, 4.69) is 23.8 Å². The van der Waals surface area contributed by atoms with Gasteiger partial charge in [-0.25, -0.2) is 0 Å². The van der Waals surface area contributed by atoms with E-state index in [4.69, 9.17) is 0 Å². The molecule has 38 heavy (non-hydrogen) atoms. The standard InChI is InChI=1S/C36H69N2/c1-3-5-7-9-11-13-15-17-19-21-23-25-27-30-35(31-28-32-36-37-33-34-38-36)29-26-24-22-20-18-16-14-12-10-8-6-4-2/h33-35H,3-32H2,1-2H3/q+1. The summed E-state index contributed by atoms with van der Waals surface area (Å²) in [5, 5.41) is 0. The summed E-state index contributed by atoms with van der Waals surface area (Å²) in [6, 6.07) is 0. The lowest BCUT2D eigenvalue weighted by Gasteiger charge is -2.17. The van der Waals surface area contributed by atoms with Crippen molar-refractivity contribution >= 4 is 12.4 Å². The van der Waals surface area contributed by atoms with Gasteiger partial charge in [0.15, 0.2) is 12.4 Å². The summed E-state index contributed by atoms with van der Waals surface area (Å²) in [7, 11) is 0. The van der Waals surface area contributed by atoms with E-state index in [-0.39, 0.29) is 0 Å². The van der Waals surface area contributed by atoms with Crippen molar-refractivity contribution in [2.24, 2.45) is 15.9 Å². The van der Waals surface area contributed by atoms with Crippen molar-refractivity contribution < 1.29 is 0 Å². The van der Waals surface area contributed by atoms with Crippen LogP contribution >= 0.6 is 0 Å². The van der Waals surface area contributed by atoms with Crippen LogP contribution in [0.3, 0.4) is 0 Å². The Hall–Kier alpha value is -0.790. The SMILES string of the molecule is CCCCCCCCCCCCCCCC(CCCCCCCCCCCCCC)CCC[C+]1N=CC=N1. The molecule has 0 spiro atoms. The summed E-state index contributed by atoms with van der Waals surface area (Å²) in [5.74, 6) is 0.931. The zero-order valence-electron chi connectivity index (χ0n) is 26.3. The van der Waals surface area contributed by atoms with Crippen molar-refractivity contribution in [2.75, 3.05) is 0 Å². The van der Waals surface area contributed by atoms with Gasteiger partial charge in [-0.15, -0.1) is 0 Å². The molecule has 1 unspecified atom stereocenters. The van der Waals surface area contributed by atoms with Crippen LogP contribution in [0.15, 0.2) is 9.98 Å². The number of aliphatic imine (C=N–C) groups is 2. The van der Waals surface area contributed by atoms with Crippen molar-refractivity contribution in [3.63, 3.8) is 0 Å². The van der Waals surface area contributed by atoms with Gasteiger partial charge < -0.3 is 0 Å². The van der Waals surface area contributed by atoms with E-state index in [9.17, 15) is 0 Å². The molecule has 0 saturated carbocycles. The molecule has 2 nitrogen and oxygen atoms in total. The lowest BCUT2D eigenvalue weighted by molar-refractivity contribution is 0.369. The number of nitrogens with zero attached hydrogens (tertiary/aromatic N) is 2. The molecule has 0 aromatic rings. The minimum absolute atomic E-state index is 0.931. The van der Waals surface area contributed by atoms with Crippen LogP contribution in [0, 0.1) is 12.1 Å². The summed E-state index contributed by atoms with van der Waals surface area (Å²) in [6.45, 7) is 4.61. The molecule has 0 radical (unpaired) electrons. The highest BCUT2D eigenvalue weighted by molar-refractivity contribution is 6.18. The maximum absolute atomic E-state index is 4.38. The maximum Gasteiger partial charge on any atom is 0.240 e. The Kier molecular flexibility index (Phi) is 27.1. The third-order valence-electron chi connectivity index (χ3n) is 8.71. The fourth-order valence-electron chi connectivity index (χ4n) is 6.11. The summed E-state index contributed by atoms with van der Waals surface area (Å²) in [5.41, 5.74) is 0. The minimum Gasteiger partial charge on any atom is -0.0968 e. The second-order valence-electron chi connectivity index (χ2n) is 12.4. The monoisotopic (exact) mass is 530 g/mol. The molecular formula is C36H69N2+. The van der Waals surface area contributed by atoms with Gasteiger partial charge in [-0.3, -0.25) is 0 Å². The van der Waals surface area contributed by atoms with Crippen molar-refractivity contribution in [2.45, 2.75) is 206 Å². The average molecular weight is 530 g/mol. The Bertz CT molecular complexity index is 499. The Balaban J connectivity index is 2.02. The molecule has 0 aromatic heterocycles. The zero-order chi connectivity index (χ0) is 27.2. The molecule has 0 bridgehead atoms. The van der Waals surface area contributed by atoms with Crippen molar-refractivity contribution in [3.05, 3.63) is 6.17 Å². The van der Waals surface area contributed by atoms with Crippen LogP contribution in [0.4, 0.5) is 0 Å². The van der Waals surface area contributed by atoms with Crippen LogP contribution in [0.1, 0.15) is 206 Å². The third-order valence-corrected chi connectivity index (χ3v) is 8.71. The van der Waals surface area contributed by atoms with Gasteiger partial charge in [-0.1, -0.05) is 197 Å². The third kappa shape index (κ3) is 24.3. The summed E-state index contributed by atoms with van der Waals surface area (Å²) >= 11 is 0. The van der Waals surface area contributed by atoms with Gasteiger partial charge in [0.1, 0.15) is 0 Å². The molecule has 1 rings (SSSR count). The van der Waals surface area contributed by atoms with Crippen LogP contribution < -0.4 is 0 Å². The first kappa shape index (κ1) is 35.2. The highest BCUT2D eigenvalue weighted by Crippen LogP contribution is 2.26. The molecule has 0 aliphatic carbocycles. The first-order chi connectivity index (χ1) is 18.9. The summed E-state index contributed by atoms with van der Waals surface area (Å²) in [4.78, 5) is 8.75. The number of unbranched alkanes of at least 4 members (excludes halogenated alkanes) is 23. The van der Waals surface area contributed by atoms with Gasteiger partial charge in [-0.2, -0.15) is 0 Å². The molecule has 1 heterocycles. The van der Waals surface area contributed by atoms with Gasteiger partial charge in [0.05, 0.1) is 6.42 Å². The first-order valence-corrected chi connectivity index (χ1v) is 17.8. The Morgan fingerprint density at radius 3 is 1.03 bits per heavy atom. The first-order valence-electron chi connectivity index (χ1n) is 17.8. The maximum atomic E-state index is 4.38. The fraction of sp³-hybridized carbons (Fsp3) is 0.917. The normalized spacial score (nSPS) is 13.7. The highest BCUT2D eigenvalue weighted by atomic mass is 15.0. The Morgan fingerprint density at radius 2 is 0.684 bits per heavy atom. The molecule has 0 fully saturated rings. The quantitative estimate of drug-likeness (QED) is 0.0630. The Labute approximate surface area is 240 Å². The van der Waals surface area contributed by atoms with E-state index in [0.29, 0.717) is 0 Å². The number of rotatable bonds is 31. The second-order valence-corrected chi connectivity index (χ2v) is 12.4. The van der Waals surface area contributed by atoms with Crippen LogP contribution in [-0.2, 0) is 0 Å². The van der Waals surface area contributed by atoms with Gasteiger partial charge >= 0.3 is 0 Å². The van der Waals surface area contributed by atoms with Gasteiger partial charge in [0.25, 0.3) is 0 Å². The van der Waals surface area contributed by atoms with Crippen LogP contribution in [0.2, 0.25) is 0 Å². The smallest absolute Gasteiger partial charge is 0.0968 e. The van der Waals surface area contributed by atoms with Crippen molar-refractivity contribution in [1.82, 2.24) is 0 Å². The lowest BCUT2D eigenvalue weighted by Crippen LogP contribution is -2.02. The molecular weight excluding hydrogens is 460 g/mol. The van der Waals surface area contributed by atoms with E-state index in [0.717, 1.165) is 18.5 Å². The molecule has 0 amide bonds. The average Bonchev–Trinajstić information content (AvgIpc) is 3.45. The molecule has 2 heteroatoms. The summed E-state index contributed by atoms with van der Waals surface area (Å²) < 4.78 is 0. The van der Waals surface area contributed by atoms with E-state index in [1.165, 1.54) is 186 Å². The topological polar surface area (TPSA) is 24.7 Å². The van der Waals surface area contributed by atoms with E-state index >= 15 is 0 Å². The number of hydrogen-bond donors (Lipinski definition) is 0. The molecule has 0 saturated heterocycles. The number of hydrogen-bond acceptors (Lipinski definition) is 2. The highest BCUT2D eigenvalue weighted by Gasteiger charge is 2.17. The largest absolute Gasteiger partial charge is 0.240 e.